The van der Waals surface area contributed by atoms with Crippen molar-refractivity contribution in [2.75, 3.05) is 13.1 Å². The van der Waals surface area contributed by atoms with Crippen molar-refractivity contribution in [3.63, 3.8) is 0 Å². The van der Waals surface area contributed by atoms with E-state index in [1.54, 1.807) is 0 Å². The fourth-order valence-corrected chi connectivity index (χ4v) is 1.79. The van der Waals surface area contributed by atoms with Gasteiger partial charge in [0.25, 0.3) is 0 Å². The van der Waals surface area contributed by atoms with Gasteiger partial charge < -0.3 is 15.7 Å². The Morgan fingerprint density at radius 3 is 2.92 bits per heavy atom. The Hall–Kier alpha value is -0.120. The molecule has 3 heteroatoms. The van der Waals surface area contributed by atoms with Crippen molar-refractivity contribution in [3.05, 3.63) is 0 Å². The van der Waals surface area contributed by atoms with Gasteiger partial charge in [0.1, 0.15) is 0 Å². The van der Waals surface area contributed by atoms with Gasteiger partial charge in [-0.3, -0.25) is 0 Å². The van der Waals surface area contributed by atoms with E-state index in [0.29, 0.717) is 6.04 Å². The summed E-state index contributed by atoms with van der Waals surface area (Å²) in [4.78, 5) is 0. The van der Waals surface area contributed by atoms with E-state index in [0.717, 1.165) is 19.5 Å². The van der Waals surface area contributed by atoms with E-state index >= 15 is 0 Å². The maximum atomic E-state index is 9.82. The summed E-state index contributed by atoms with van der Waals surface area (Å²) in [5.41, 5.74) is 0. The average Bonchev–Trinajstić information content (AvgIpc) is 2.55. The van der Waals surface area contributed by atoms with Crippen LogP contribution >= 0.6 is 0 Å². The summed E-state index contributed by atoms with van der Waals surface area (Å²) >= 11 is 0. The first-order valence-electron chi connectivity index (χ1n) is 4.90. The highest BCUT2D eigenvalue weighted by molar-refractivity contribution is 4.86. The molecule has 0 aromatic rings. The highest BCUT2D eigenvalue weighted by Gasteiger charge is 2.26. The molecule has 1 fully saturated rings. The molecule has 0 radical (unpaired) electrons. The summed E-state index contributed by atoms with van der Waals surface area (Å²) < 4.78 is 0. The second-order valence-electron chi connectivity index (χ2n) is 3.54. The highest BCUT2D eigenvalue weighted by atomic mass is 16.3. The van der Waals surface area contributed by atoms with E-state index in [4.69, 9.17) is 0 Å². The van der Waals surface area contributed by atoms with Crippen LogP contribution in [0.15, 0.2) is 0 Å². The van der Waals surface area contributed by atoms with E-state index in [-0.39, 0.29) is 12.1 Å². The fraction of sp³-hybridized carbons (Fsp3) is 1.00. The van der Waals surface area contributed by atoms with Crippen molar-refractivity contribution in [3.8, 4) is 0 Å². The quantitative estimate of drug-likeness (QED) is 0.563. The van der Waals surface area contributed by atoms with Gasteiger partial charge in [0, 0.05) is 12.1 Å². The summed E-state index contributed by atoms with van der Waals surface area (Å²) in [7, 11) is 0. The average molecular weight is 172 g/mol. The molecule has 12 heavy (non-hydrogen) atoms. The number of hydrogen-bond acceptors (Lipinski definition) is 3. The van der Waals surface area contributed by atoms with Crippen LogP contribution in [-0.4, -0.2) is 36.4 Å². The first-order valence-corrected chi connectivity index (χ1v) is 4.90. The fourth-order valence-electron chi connectivity index (χ4n) is 1.79. The van der Waals surface area contributed by atoms with Gasteiger partial charge in [-0.05, 0) is 32.9 Å². The molecule has 3 nitrogen and oxygen atoms in total. The Bertz CT molecular complexity index is 124. The molecule has 0 bridgehead atoms. The Morgan fingerprint density at radius 1 is 1.67 bits per heavy atom. The summed E-state index contributed by atoms with van der Waals surface area (Å²) in [6.45, 7) is 6.07. The number of likely N-dealkylation sites (N-methyl/N-ethyl adjacent to an activating group) is 1. The SMILES string of the molecule is CCNC(C)C(O)C1CCCN1. The van der Waals surface area contributed by atoms with E-state index in [2.05, 4.69) is 17.6 Å². The molecular formula is C9H20N2O. The third kappa shape index (κ3) is 2.44. The predicted octanol–water partition coefficient (Wildman–Crippen LogP) is 0.0973. The molecule has 3 atom stereocenters. The van der Waals surface area contributed by atoms with Crippen molar-refractivity contribution >= 4 is 0 Å². The van der Waals surface area contributed by atoms with Crippen LogP contribution in [0.25, 0.3) is 0 Å². The lowest BCUT2D eigenvalue weighted by molar-refractivity contribution is 0.101. The van der Waals surface area contributed by atoms with Crippen LogP contribution in [0.3, 0.4) is 0 Å². The molecule has 1 rings (SSSR count). The number of hydrogen-bond donors (Lipinski definition) is 3. The first-order chi connectivity index (χ1) is 5.75. The Balaban J connectivity index is 2.29. The van der Waals surface area contributed by atoms with Gasteiger partial charge in [-0.2, -0.15) is 0 Å². The molecule has 0 saturated carbocycles. The van der Waals surface area contributed by atoms with E-state index in [1.165, 1.54) is 6.42 Å². The number of aliphatic hydroxyl groups excluding tert-OH is 1. The van der Waals surface area contributed by atoms with Crippen LogP contribution in [0.2, 0.25) is 0 Å². The maximum Gasteiger partial charge on any atom is 0.0843 e. The van der Waals surface area contributed by atoms with Gasteiger partial charge >= 0.3 is 0 Å². The molecule has 3 N–H and O–H groups in total. The van der Waals surface area contributed by atoms with Crippen molar-refractivity contribution in [2.24, 2.45) is 0 Å². The largest absolute Gasteiger partial charge is 0.390 e. The van der Waals surface area contributed by atoms with Gasteiger partial charge in [0.05, 0.1) is 6.10 Å². The molecule has 1 heterocycles. The summed E-state index contributed by atoms with van der Waals surface area (Å²) in [6.07, 6.45) is 2.06. The molecule has 0 aromatic carbocycles. The van der Waals surface area contributed by atoms with E-state index < -0.39 is 0 Å². The number of rotatable bonds is 4. The molecule has 1 aliphatic rings. The number of nitrogens with one attached hydrogen (secondary N) is 2. The third-order valence-electron chi connectivity index (χ3n) is 2.55. The zero-order valence-corrected chi connectivity index (χ0v) is 8.01. The van der Waals surface area contributed by atoms with Crippen LogP contribution in [0, 0.1) is 0 Å². The molecule has 0 amide bonds. The van der Waals surface area contributed by atoms with Crippen molar-refractivity contribution in [1.82, 2.24) is 10.6 Å². The minimum absolute atomic E-state index is 0.200. The molecular weight excluding hydrogens is 152 g/mol. The van der Waals surface area contributed by atoms with Gasteiger partial charge in [0.15, 0.2) is 0 Å². The Morgan fingerprint density at radius 2 is 2.42 bits per heavy atom. The predicted molar refractivity (Wildman–Crippen MR) is 50.2 cm³/mol. The third-order valence-corrected chi connectivity index (χ3v) is 2.55. The van der Waals surface area contributed by atoms with E-state index in [1.807, 2.05) is 6.92 Å². The molecule has 3 unspecified atom stereocenters. The lowest BCUT2D eigenvalue weighted by atomic mass is 10.0. The zero-order chi connectivity index (χ0) is 8.97. The standard InChI is InChI=1S/C9H20N2O/c1-3-10-7(2)9(12)8-5-4-6-11-8/h7-12H,3-6H2,1-2H3. The monoisotopic (exact) mass is 172 g/mol. The van der Waals surface area contributed by atoms with Crippen molar-refractivity contribution in [1.29, 1.82) is 0 Å². The summed E-state index contributed by atoms with van der Waals surface area (Å²) in [5.74, 6) is 0. The molecule has 0 aliphatic carbocycles. The minimum atomic E-state index is -0.243. The minimum Gasteiger partial charge on any atom is -0.390 e. The number of aliphatic hydroxyl groups is 1. The Kier molecular flexibility index (Phi) is 3.98. The second kappa shape index (κ2) is 4.80. The zero-order valence-electron chi connectivity index (χ0n) is 8.01. The highest BCUT2D eigenvalue weighted by Crippen LogP contribution is 2.11. The van der Waals surface area contributed by atoms with Crippen molar-refractivity contribution < 1.29 is 5.11 Å². The Labute approximate surface area is 74.5 Å². The smallest absolute Gasteiger partial charge is 0.0843 e. The molecule has 1 saturated heterocycles. The lowest BCUT2D eigenvalue weighted by Crippen LogP contribution is -2.47. The van der Waals surface area contributed by atoms with Crippen LogP contribution in [0.1, 0.15) is 26.7 Å². The van der Waals surface area contributed by atoms with Crippen LogP contribution in [-0.2, 0) is 0 Å². The van der Waals surface area contributed by atoms with Gasteiger partial charge in [-0.15, -0.1) is 0 Å². The van der Waals surface area contributed by atoms with Gasteiger partial charge in [0.2, 0.25) is 0 Å². The van der Waals surface area contributed by atoms with Gasteiger partial charge in [-0.25, -0.2) is 0 Å². The van der Waals surface area contributed by atoms with Crippen LogP contribution in [0.5, 0.6) is 0 Å². The van der Waals surface area contributed by atoms with Crippen LogP contribution in [0.4, 0.5) is 0 Å². The summed E-state index contributed by atoms with van der Waals surface area (Å²) in [6, 6.07) is 0.504. The molecule has 0 spiro atoms. The molecule has 0 aromatic heterocycles. The normalized spacial score (nSPS) is 28.8. The first kappa shape index (κ1) is 9.96. The topological polar surface area (TPSA) is 44.3 Å². The second-order valence-corrected chi connectivity index (χ2v) is 3.54. The molecule has 1 aliphatic heterocycles. The molecule has 72 valence electrons. The van der Waals surface area contributed by atoms with Gasteiger partial charge in [-0.1, -0.05) is 6.92 Å². The maximum absolute atomic E-state index is 9.82. The van der Waals surface area contributed by atoms with Crippen LogP contribution < -0.4 is 10.6 Å². The summed E-state index contributed by atoms with van der Waals surface area (Å²) in [5, 5.41) is 16.4. The van der Waals surface area contributed by atoms with Crippen molar-refractivity contribution in [2.45, 2.75) is 44.9 Å². The lowest BCUT2D eigenvalue weighted by Gasteiger charge is -2.25. The van der Waals surface area contributed by atoms with E-state index in [9.17, 15) is 5.11 Å².